The van der Waals surface area contributed by atoms with Gasteiger partial charge in [-0.2, -0.15) is 8.78 Å². The number of ether oxygens (including phenoxy) is 3. The number of carbonyl (C=O) groups excluding carboxylic acids is 1. The minimum atomic E-state index is -2.99. The summed E-state index contributed by atoms with van der Waals surface area (Å²) in [4.78, 5) is 12.1. The SMILES string of the molecule is COc1ccc(C(=O)Nc2ccc(OC)c(OC(F)F)c2)cc1. The summed E-state index contributed by atoms with van der Waals surface area (Å²) in [7, 11) is 2.86. The molecule has 7 heteroatoms. The van der Waals surface area contributed by atoms with Crippen molar-refractivity contribution >= 4 is 11.6 Å². The van der Waals surface area contributed by atoms with Crippen molar-refractivity contribution < 1.29 is 27.8 Å². The number of amides is 1. The highest BCUT2D eigenvalue weighted by molar-refractivity contribution is 6.04. The van der Waals surface area contributed by atoms with Crippen LogP contribution in [-0.2, 0) is 0 Å². The molecule has 0 spiro atoms. The van der Waals surface area contributed by atoms with Gasteiger partial charge in [0.1, 0.15) is 5.75 Å². The van der Waals surface area contributed by atoms with Crippen LogP contribution in [0.15, 0.2) is 42.5 Å². The van der Waals surface area contributed by atoms with Crippen molar-refractivity contribution in [3.05, 3.63) is 48.0 Å². The van der Waals surface area contributed by atoms with Crippen molar-refractivity contribution in [1.29, 1.82) is 0 Å². The molecule has 0 aliphatic rings. The number of carbonyl (C=O) groups is 1. The first-order valence-corrected chi connectivity index (χ1v) is 6.61. The van der Waals surface area contributed by atoms with Crippen LogP contribution >= 0.6 is 0 Å². The normalized spacial score (nSPS) is 10.3. The zero-order valence-electron chi connectivity index (χ0n) is 12.5. The quantitative estimate of drug-likeness (QED) is 0.883. The summed E-state index contributed by atoms with van der Waals surface area (Å²) in [5.41, 5.74) is 0.709. The standard InChI is InChI=1S/C16H15F2NO4/c1-21-12-6-3-10(4-7-12)15(20)19-11-5-8-13(22-2)14(9-11)23-16(17)18/h3-9,16H,1-2H3,(H,19,20). The summed E-state index contributed by atoms with van der Waals surface area (Å²) in [5.74, 6) is 0.224. The molecule has 0 aliphatic carbocycles. The van der Waals surface area contributed by atoms with Crippen LogP contribution in [0, 0.1) is 0 Å². The van der Waals surface area contributed by atoms with Crippen LogP contribution in [0.2, 0.25) is 0 Å². The molecule has 122 valence electrons. The number of nitrogens with one attached hydrogen (secondary N) is 1. The van der Waals surface area contributed by atoms with E-state index in [1.165, 1.54) is 32.4 Å². The number of hydrogen-bond acceptors (Lipinski definition) is 4. The smallest absolute Gasteiger partial charge is 0.387 e. The van der Waals surface area contributed by atoms with E-state index in [4.69, 9.17) is 9.47 Å². The first-order chi connectivity index (χ1) is 11.0. The lowest BCUT2D eigenvalue weighted by atomic mass is 10.2. The second-order valence-corrected chi connectivity index (χ2v) is 4.43. The van der Waals surface area contributed by atoms with Crippen LogP contribution in [0.1, 0.15) is 10.4 Å². The van der Waals surface area contributed by atoms with Crippen LogP contribution in [0.3, 0.4) is 0 Å². The van der Waals surface area contributed by atoms with E-state index in [1.54, 1.807) is 24.3 Å². The molecule has 0 saturated carbocycles. The van der Waals surface area contributed by atoms with Gasteiger partial charge in [0.2, 0.25) is 0 Å². The lowest BCUT2D eigenvalue weighted by Gasteiger charge is -2.12. The van der Waals surface area contributed by atoms with Gasteiger partial charge in [0.05, 0.1) is 14.2 Å². The predicted octanol–water partition coefficient (Wildman–Crippen LogP) is 3.56. The highest BCUT2D eigenvalue weighted by atomic mass is 19.3. The number of benzene rings is 2. The average molecular weight is 323 g/mol. The van der Waals surface area contributed by atoms with Gasteiger partial charge in [0.15, 0.2) is 11.5 Å². The van der Waals surface area contributed by atoms with Gasteiger partial charge in [-0.05, 0) is 36.4 Å². The maximum absolute atomic E-state index is 12.4. The molecule has 0 saturated heterocycles. The Kier molecular flexibility index (Phi) is 5.35. The summed E-state index contributed by atoms with van der Waals surface area (Å²) >= 11 is 0. The van der Waals surface area contributed by atoms with Crippen LogP contribution in [0.25, 0.3) is 0 Å². The lowest BCUT2D eigenvalue weighted by molar-refractivity contribution is -0.0511. The maximum atomic E-state index is 12.4. The number of halogens is 2. The molecule has 0 bridgehead atoms. The zero-order chi connectivity index (χ0) is 16.8. The number of hydrogen-bond donors (Lipinski definition) is 1. The van der Waals surface area contributed by atoms with E-state index >= 15 is 0 Å². The molecule has 0 heterocycles. The van der Waals surface area contributed by atoms with Gasteiger partial charge in [-0.3, -0.25) is 4.79 Å². The Morgan fingerprint density at radius 1 is 1.00 bits per heavy atom. The second-order valence-electron chi connectivity index (χ2n) is 4.43. The van der Waals surface area contributed by atoms with Gasteiger partial charge in [-0.25, -0.2) is 0 Å². The molecule has 0 radical (unpaired) electrons. The molecule has 23 heavy (non-hydrogen) atoms. The molecule has 1 amide bonds. The van der Waals surface area contributed by atoms with Gasteiger partial charge in [-0.1, -0.05) is 0 Å². The predicted molar refractivity (Wildman–Crippen MR) is 80.6 cm³/mol. The second kappa shape index (κ2) is 7.44. The Bertz CT molecular complexity index is 674. The van der Waals surface area contributed by atoms with Crippen molar-refractivity contribution in [1.82, 2.24) is 0 Å². The molecule has 0 aliphatic heterocycles. The van der Waals surface area contributed by atoms with Crippen molar-refractivity contribution in [2.24, 2.45) is 0 Å². The third kappa shape index (κ3) is 4.32. The fourth-order valence-electron chi connectivity index (χ4n) is 1.89. The Balaban J connectivity index is 2.16. The molecular weight excluding hydrogens is 308 g/mol. The van der Waals surface area contributed by atoms with Gasteiger partial charge in [0, 0.05) is 17.3 Å². The largest absolute Gasteiger partial charge is 0.497 e. The molecule has 5 nitrogen and oxygen atoms in total. The fraction of sp³-hybridized carbons (Fsp3) is 0.188. The minimum Gasteiger partial charge on any atom is -0.497 e. The number of alkyl halides is 2. The van der Waals surface area contributed by atoms with E-state index in [-0.39, 0.29) is 17.4 Å². The third-order valence-electron chi connectivity index (χ3n) is 2.99. The molecule has 2 rings (SSSR count). The third-order valence-corrected chi connectivity index (χ3v) is 2.99. The molecule has 0 aromatic heterocycles. The first-order valence-electron chi connectivity index (χ1n) is 6.61. The molecular formula is C16H15F2NO4. The molecule has 0 atom stereocenters. The van der Waals surface area contributed by atoms with Crippen molar-refractivity contribution in [2.75, 3.05) is 19.5 Å². The van der Waals surface area contributed by atoms with Gasteiger partial charge >= 0.3 is 6.61 Å². The van der Waals surface area contributed by atoms with E-state index < -0.39 is 6.61 Å². The van der Waals surface area contributed by atoms with Crippen LogP contribution in [-0.4, -0.2) is 26.7 Å². The molecule has 2 aromatic carbocycles. The summed E-state index contributed by atoms with van der Waals surface area (Å²) < 4.78 is 39.1. The Hall–Kier alpha value is -2.83. The van der Waals surface area contributed by atoms with E-state index in [9.17, 15) is 13.6 Å². The minimum absolute atomic E-state index is 0.146. The average Bonchev–Trinajstić information content (AvgIpc) is 2.54. The summed E-state index contributed by atoms with van der Waals surface area (Å²) in [6, 6.07) is 10.7. The van der Waals surface area contributed by atoms with Gasteiger partial charge < -0.3 is 19.5 Å². The molecule has 0 fully saturated rings. The Morgan fingerprint density at radius 2 is 1.70 bits per heavy atom. The highest BCUT2D eigenvalue weighted by Gasteiger charge is 2.13. The van der Waals surface area contributed by atoms with E-state index in [2.05, 4.69) is 10.1 Å². The molecule has 0 unspecified atom stereocenters. The monoisotopic (exact) mass is 323 g/mol. The van der Waals surface area contributed by atoms with Crippen LogP contribution in [0.4, 0.5) is 14.5 Å². The number of anilines is 1. The van der Waals surface area contributed by atoms with Gasteiger partial charge in [-0.15, -0.1) is 0 Å². The topological polar surface area (TPSA) is 56.8 Å². The summed E-state index contributed by atoms with van der Waals surface area (Å²) in [6.07, 6.45) is 0. The van der Waals surface area contributed by atoms with Crippen molar-refractivity contribution in [3.63, 3.8) is 0 Å². The summed E-state index contributed by atoms with van der Waals surface area (Å²) in [6.45, 7) is -2.99. The van der Waals surface area contributed by atoms with Crippen LogP contribution < -0.4 is 19.5 Å². The number of rotatable bonds is 6. The first kappa shape index (κ1) is 16.5. The van der Waals surface area contributed by atoms with E-state index in [0.29, 0.717) is 17.0 Å². The highest BCUT2D eigenvalue weighted by Crippen LogP contribution is 2.31. The Morgan fingerprint density at radius 3 is 2.26 bits per heavy atom. The zero-order valence-corrected chi connectivity index (χ0v) is 12.5. The van der Waals surface area contributed by atoms with Crippen molar-refractivity contribution in [2.45, 2.75) is 6.61 Å². The fourth-order valence-corrected chi connectivity index (χ4v) is 1.89. The van der Waals surface area contributed by atoms with Gasteiger partial charge in [0.25, 0.3) is 5.91 Å². The molecule has 1 N–H and O–H groups in total. The molecule has 2 aromatic rings. The lowest BCUT2D eigenvalue weighted by Crippen LogP contribution is -2.12. The maximum Gasteiger partial charge on any atom is 0.387 e. The Labute approximate surface area is 131 Å². The van der Waals surface area contributed by atoms with Crippen LogP contribution in [0.5, 0.6) is 17.2 Å². The number of methoxy groups -OCH3 is 2. The van der Waals surface area contributed by atoms with E-state index in [1.807, 2.05) is 0 Å². The van der Waals surface area contributed by atoms with Crippen molar-refractivity contribution in [3.8, 4) is 17.2 Å². The van der Waals surface area contributed by atoms with E-state index in [0.717, 1.165) is 0 Å². The summed E-state index contributed by atoms with van der Waals surface area (Å²) in [5, 5.41) is 2.60.